The van der Waals surface area contributed by atoms with E-state index in [4.69, 9.17) is 5.73 Å². The van der Waals surface area contributed by atoms with Crippen molar-refractivity contribution in [2.45, 2.75) is 19.4 Å². The molecule has 0 saturated carbocycles. The van der Waals surface area contributed by atoms with E-state index in [0.29, 0.717) is 5.69 Å². The van der Waals surface area contributed by atoms with Gasteiger partial charge in [-0.15, -0.1) is 0 Å². The predicted molar refractivity (Wildman–Crippen MR) is 64.0 cm³/mol. The lowest BCUT2D eigenvalue weighted by molar-refractivity contribution is -0.121. The second-order valence-corrected chi connectivity index (χ2v) is 4.67. The van der Waals surface area contributed by atoms with Gasteiger partial charge >= 0.3 is 0 Å². The van der Waals surface area contributed by atoms with Gasteiger partial charge in [0.2, 0.25) is 5.91 Å². The Morgan fingerprint density at radius 2 is 2.12 bits per heavy atom. The van der Waals surface area contributed by atoms with Gasteiger partial charge in [-0.25, -0.2) is 4.90 Å². The van der Waals surface area contributed by atoms with Crippen LogP contribution in [-0.2, 0) is 9.59 Å². The molecule has 1 aliphatic heterocycles. The summed E-state index contributed by atoms with van der Waals surface area (Å²) in [6.45, 7) is 1.90. The van der Waals surface area contributed by atoms with Gasteiger partial charge < -0.3 is 5.73 Å². The molecule has 2 amide bonds. The maximum absolute atomic E-state index is 11.7. The van der Waals surface area contributed by atoms with Gasteiger partial charge in [-0.1, -0.05) is 15.9 Å². The lowest BCUT2D eigenvalue weighted by Gasteiger charge is -2.15. The maximum atomic E-state index is 11.7. The number of hydrogen-bond acceptors (Lipinski definition) is 3. The van der Waals surface area contributed by atoms with Gasteiger partial charge in [-0.2, -0.15) is 0 Å². The third-order valence-corrected chi connectivity index (χ3v) is 3.47. The largest absolute Gasteiger partial charge is 0.319 e. The SMILES string of the molecule is Cc1cc(N2C(=O)CC(N)C2=O)ccc1Br. The fraction of sp³-hybridized carbons (Fsp3) is 0.273. The molecule has 0 aromatic heterocycles. The molecule has 1 unspecified atom stereocenters. The minimum atomic E-state index is -0.698. The third kappa shape index (κ3) is 1.76. The quantitative estimate of drug-likeness (QED) is 0.791. The first-order valence-corrected chi connectivity index (χ1v) is 5.68. The molecular formula is C11H11BrN2O2. The Balaban J connectivity index is 2.41. The molecule has 1 saturated heterocycles. The van der Waals surface area contributed by atoms with Crippen molar-refractivity contribution in [3.63, 3.8) is 0 Å². The van der Waals surface area contributed by atoms with Crippen molar-refractivity contribution in [1.29, 1.82) is 0 Å². The Morgan fingerprint density at radius 1 is 1.44 bits per heavy atom. The number of imide groups is 1. The van der Waals surface area contributed by atoms with Crippen molar-refractivity contribution < 1.29 is 9.59 Å². The zero-order valence-electron chi connectivity index (χ0n) is 8.74. The van der Waals surface area contributed by atoms with E-state index in [0.717, 1.165) is 14.9 Å². The molecule has 2 rings (SSSR count). The molecular weight excluding hydrogens is 272 g/mol. The number of benzene rings is 1. The van der Waals surface area contributed by atoms with Gasteiger partial charge in [-0.3, -0.25) is 9.59 Å². The number of carbonyl (C=O) groups is 2. The van der Waals surface area contributed by atoms with E-state index >= 15 is 0 Å². The highest BCUT2D eigenvalue weighted by molar-refractivity contribution is 9.10. The summed E-state index contributed by atoms with van der Waals surface area (Å²) >= 11 is 3.37. The van der Waals surface area contributed by atoms with Gasteiger partial charge in [0.25, 0.3) is 5.91 Å². The zero-order valence-corrected chi connectivity index (χ0v) is 10.3. The van der Waals surface area contributed by atoms with E-state index < -0.39 is 6.04 Å². The smallest absolute Gasteiger partial charge is 0.251 e. The molecule has 4 nitrogen and oxygen atoms in total. The summed E-state index contributed by atoms with van der Waals surface area (Å²) in [6.07, 6.45) is 0.0912. The van der Waals surface area contributed by atoms with Crippen LogP contribution in [-0.4, -0.2) is 17.9 Å². The molecule has 16 heavy (non-hydrogen) atoms. The van der Waals surface area contributed by atoms with Crippen molar-refractivity contribution in [3.05, 3.63) is 28.2 Å². The number of hydrogen-bond donors (Lipinski definition) is 1. The van der Waals surface area contributed by atoms with E-state index in [9.17, 15) is 9.59 Å². The Kier molecular flexibility index (Phi) is 2.82. The highest BCUT2D eigenvalue weighted by Gasteiger charge is 2.37. The molecule has 0 aliphatic carbocycles. The van der Waals surface area contributed by atoms with Crippen LogP contribution in [0, 0.1) is 6.92 Å². The highest BCUT2D eigenvalue weighted by atomic mass is 79.9. The molecule has 84 valence electrons. The fourth-order valence-electron chi connectivity index (χ4n) is 1.69. The number of carbonyl (C=O) groups excluding carboxylic acids is 2. The molecule has 0 bridgehead atoms. The highest BCUT2D eigenvalue weighted by Crippen LogP contribution is 2.26. The number of nitrogens with two attached hydrogens (primary N) is 1. The van der Waals surface area contributed by atoms with E-state index in [1.165, 1.54) is 0 Å². The van der Waals surface area contributed by atoms with Crippen LogP contribution in [0.15, 0.2) is 22.7 Å². The van der Waals surface area contributed by atoms with Crippen LogP contribution in [0.2, 0.25) is 0 Å². The summed E-state index contributed by atoms with van der Waals surface area (Å²) in [6, 6.07) is 4.63. The fourth-order valence-corrected chi connectivity index (χ4v) is 1.94. The first-order chi connectivity index (χ1) is 7.50. The molecule has 0 radical (unpaired) electrons. The summed E-state index contributed by atoms with van der Waals surface area (Å²) in [4.78, 5) is 24.4. The first-order valence-electron chi connectivity index (χ1n) is 4.89. The van der Waals surface area contributed by atoms with E-state index in [1.54, 1.807) is 12.1 Å². The second-order valence-electron chi connectivity index (χ2n) is 3.81. The van der Waals surface area contributed by atoms with Crippen molar-refractivity contribution >= 4 is 33.4 Å². The Morgan fingerprint density at radius 3 is 2.62 bits per heavy atom. The second kappa shape index (κ2) is 3.99. The Labute approximate surface area is 102 Å². The predicted octanol–water partition coefficient (Wildman–Crippen LogP) is 1.35. The molecule has 1 fully saturated rings. The summed E-state index contributed by atoms with van der Waals surface area (Å²) in [5, 5.41) is 0. The summed E-state index contributed by atoms with van der Waals surface area (Å²) in [5.41, 5.74) is 7.10. The molecule has 0 spiro atoms. The Bertz CT molecular complexity index is 473. The summed E-state index contributed by atoms with van der Waals surface area (Å²) < 4.78 is 0.944. The van der Waals surface area contributed by atoms with Crippen LogP contribution in [0.5, 0.6) is 0 Å². The summed E-state index contributed by atoms with van der Waals surface area (Å²) in [5.74, 6) is -0.564. The average molecular weight is 283 g/mol. The molecule has 1 aromatic carbocycles. The van der Waals surface area contributed by atoms with Crippen LogP contribution in [0.25, 0.3) is 0 Å². The minimum Gasteiger partial charge on any atom is -0.319 e. The number of amides is 2. The van der Waals surface area contributed by atoms with Gasteiger partial charge in [0.05, 0.1) is 18.2 Å². The zero-order chi connectivity index (χ0) is 11.9. The molecule has 1 heterocycles. The number of nitrogens with zero attached hydrogens (tertiary/aromatic N) is 1. The monoisotopic (exact) mass is 282 g/mol. The van der Waals surface area contributed by atoms with E-state index in [-0.39, 0.29) is 18.2 Å². The molecule has 5 heteroatoms. The van der Waals surface area contributed by atoms with Gasteiger partial charge in [0.1, 0.15) is 0 Å². The molecule has 2 N–H and O–H groups in total. The molecule has 1 aliphatic rings. The number of aryl methyl sites for hydroxylation is 1. The van der Waals surface area contributed by atoms with Crippen LogP contribution in [0.3, 0.4) is 0 Å². The number of anilines is 1. The lowest BCUT2D eigenvalue weighted by Crippen LogP contribution is -2.35. The van der Waals surface area contributed by atoms with Crippen LogP contribution >= 0.6 is 15.9 Å². The van der Waals surface area contributed by atoms with Crippen LogP contribution in [0.4, 0.5) is 5.69 Å². The molecule has 1 aromatic rings. The van der Waals surface area contributed by atoms with E-state index in [1.807, 2.05) is 13.0 Å². The third-order valence-electron chi connectivity index (χ3n) is 2.58. The van der Waals surface area contributed by atoms with Crippen molar-refractivity contribution in [2.24, 2.45) is 5.73 Å². The minimum absolute atomic E-state index is 0.0912. The van der Waals surface area contributed by atoms with Crippen molar-refractivity contribution in [1.82, 2.24) is 0 Å². The van der Waals surface area contributed by atoms with Crippen molar-refractivity contribution in [2.75, 3.05) is 4.90 Å². The maximum Gasteiger partial charge on any atom is 0.251 e. The number of rotatable bonds is 1. The van der Waals surface area contributed by atoms with Crippen LogP contribution in [0.1, 0.15) is 12.0 Å². The summed E-state index contributed by atoms with van der Waals surface area (Å²) in [7, 11) is 0. The average Bonchev–Trinajstić information content (AvgIpc) is 2.47. The van der Waals surface area contributed by atoms with Crippen LogP contribution < -0.4 is 10.6 Å². The number of halogens is 1. The van der Waals surface area contributed by atoms with E-state index in [2.05, 4.69) is 15.9 Å². The first kappa shape index (κ1) is 11.3. The van der Waals surface area contributed by atoms with Gasteiger partial charge in [0.15, 0.2) is 0 Å². The van der Waals surface area contributed by atoms with Gasteiger partial charge in [-0.05, 0) is 30.7 Å². The lowest BCUT2D eigenvalue weighted by atomic mass is 10.2. The van der Waals surface area contributed by atoms with Gasteiger partial charge in [0, 0.05) is 4.47 Å². The Hall–Kier alpha value is -1.20. The standard InChI is InChI=1S/C11H11BrN2O2/c1-6-4-7(2-3-8(6)12)14-10(15)5-9(13)11(14)16/h2-4,9H,5,13H2,1H3. The normalized spacial score (nSPS) is 20.7. The molecule has 1 atom stereocenters. The van der Waals surface area contributed by atoms with Crippen molar-refractivity contribution in [3.8, 4) is 0 Å². The topological polar surface area (TPSA) is 63.4 Å².